The predicted octanol–water partition coefficient (Wildman–Crippen LogP) is 4.84. The molecule has 0 saturated heterocycles. The van der Waals surface area contributed by atoms with Crippen LogP contribution in [0.25, 0.3) is 0 Å². The molecule has 0 aliphatic rings. The molecule has 0 fully saturated rings. The highest BCUT2D eigenvalue weighted by molar-refractivity contribution is 14.2. The Morgan fingerprint density at radius 3 is 2.59 bits per heavy atom. The van der Waals surface area contributed by atoms with Crippen LogP contribution in [-0.4, -0.2) is 18.2 Å². The van der Waals surface area contributed by atoms with Crippen LogP contribution in [-0.2, 0) is 0 Å². The molecule has 0 aliphatic heterocycles. The lowest BCUT2D eigenvalue weighted by Gasteiger charge is -2.15. The molecule has 1 aromatic carbocycles. The third-order valence-corrected chi connectivity index (χ3v) is 4.91. The zero-order valence-corrected chi connectivity index (χ0v) is 14.5. The van der Waals surface area contributed by atoms with Crippen molar-refractivity contribution in [2.24, 2.45) is 0 Å². The van der Waals surface area contributed by atoms with E-state index in [1.807, 2.05) is 12.1 Å². The normalized spacial score (nSPS) is 10.7. The van der Waals surface area contributed by atoms with E-state index in [9.17, 15) is 4.79 Å². The fourth-order valence-corrected chi connectivity index (χ4v) is 3.54. The average molecular weight is 429 g/mol. The Morgan fingerprint density at radius 1 is 1.53 bits per heavy atom. The lowest BCUT2D eigenvalue weighted by Crippen LogP contribution is -2.05. The molecule has 94 valence electrons. The van der Waals surface area contributed by atoms with E-state index in [1.54, 1.807) is 16.0 Å². The third-order valence-electron chi connectivity index (χ3n) is 2.46. The molecular formula is C12H14BrIO2S. The van der Waals surface area contributed by atoms with Crippen LogP contribution in [0.2, 0.25) is 0 Å². The molecule has 5 heteroatoms. The maximum atomic E-state index is 11.8. The molecule has 0 aromatic heterocycles. The van der Waals surface area contributed by atoms with Crippen molar-refractivity contribution in [3.63, 3.8) is 0 Å². The van der Waals surface area contributed by atoms with Crippen molar-refractivity contribution < 1.29 is 9.53 Å². The van der Waals surface area contributed by atoms with Crippen LogP contribution in [0.1, 0.15) is 35.7 Å². The van der Waals surface area contributed by atoms with Gasteiger partial charge in [-0.05, 0) is 23.6 Å². The van der Waals surface area contributed by atoms with Crippen LogP contribution in [0, 0.1) is 0 Å². The van der Waals surface area contributed by atoms with E-state index in [0.29, 0.717) is 22.6 Å². The van der Waals surface area contributed by atoms with Crippen molar-refractivity contribution in [2.45, 2.75) is 24.7 Å². The predicted molar refractivity (Wildman–Crippen MR) is 85.1 cm³/mol. The van der Waals surface area contributed by atoms with Crippen molar-refractivity contribution in [3.8, 4) is 5.75 Å². The topological polar surface area (TPSA) is 26.3 Å². The van der Waals surface area contributed by atoms with Crippen LogP contribution >= 0.6 is 46.1 Å². The number of carbonyl (C=O) groups excluding carboxylic acids is 1. The molecule has 0 atom stereocenters. The highest BCUT2D eigenvalue weighted by Gasteiger charge is 2.17. The lowest BCUT2D eigenvalue weighted by atomic mass is 9.99. The van der Waals surface area contributed by atoms with Gasteiger partial charge in [-0.2, -0.15) is 0 Å². The number of ether oxygens (including phenoxy) is 1. The molecule has 0 unspecified atom stereocenters. The Kier molecular flexibility index (Phi) is 6.30. The summed E-state index contributed by atoms with van der Waals surface area (Å²) in [4.78, 5) is 12.9. The van der Waals surface area contributed by atoms with Crippen molar-refractivity contribution in [3.05, 3.63) is 23.3 Å². The molecule has 1 aromatic rings. The zero-order valence-electron chi connectivity index (χ0n) is 9.92. The monoisotopic (exact) mass is 428 g/mol. The minimum absolute atomic E-state index is 0.0452. The molecule has 0 N–H and O–H groups in total. The second-order valence-corrected chi connectivity index (χ2v) is 6.36. The Morgan fingerprint density at radius 2 is 2.18 bits per heavy atom. The summed E-state index contributed by atoms with van der Waals surface area (Å²) in [7, 11) is 3.23. The second-order valence-electron chi connectivity index (χ2n) is 3.88. The van der Waals surface area contributed by atoms with Crippen molar-refractivity contribution >= 4 is 51.9 Å². The summed E-state index contributed by atoms with van der Waals surface area (Å²) in [5.74, 6) is 1.12. The SMILES string of the molecule is COc1cc(C(C)C)c(SI)cc1C(=O)CBr. The van der Waals surface area contributed by atoms with Crippen LogP contribution in [0.5, 0.6) is 5.75 Å². The summed E-state index contributed by atoms with van der Waals surface area (Å²) in [6.07, 6.45) is 0. The molecule has 17 heavy (non-hydrogen) atoms. The highest BCUT2D eigenvalue weighted by Crippen LogP contribution is 2.37. The summed E-state index contributed by atoms with van der Waals surface area (Å²) >= 11 is 5.44. The second kappa shape index (κ2) is 6.99. The Bertz CT molecular complexity index is 421. The van der Waals surface area contributed by atoms with Crippen molar-refractivity contribution in [1.82, 2.24) is 0 Å². The van der Waals surface area contributed by atoms with E-state index in [1.165, 1.54) is 5.56 Å². The Hall–Kier alpha value is 0.250. The number of halogens is 2. The zero-order chi connectivity index (χ0) is 13.0. The van der Waals surface area contributed by atoms with E-state index in [2.05, 4.69) is 51.0 Å². The molecule has 0 amide bonds. The number of benzene rings is 1. The van der Waals surface area contributed by atoms with E-state index in [-0.39, 0.29) is 5.78 Å². The van der Waals surface area contributed by atoms with Gasteiger partial charge < -0.3 is 4.74 Å². The molecule has 0 heterocycles. The molecule has 2 nitrogen and oxygen atoms in total. The maximum Gasteiger partial charge on any atom is 0.177 e. The first kappa shape index (κ1) is 15.3. The van der Waals surface area contributed by atoms with Gasteiger partial charge >= 0.3 is 0 Å². The van der Waals surface area contributed by atoms with Crippen LogP contribution < -0.4 is 4.74 Å². The van der Waals surface area contributed by atoms with Crippen molar-refractivity contribution in [1.29, 1.82) is 0 Å². The average Bonchev–Trinajstić information content (AvgIpc) is 2.35. The summed E-state index contributed by atoms with van der Waals surface area (Å²) < 4.78 is 5.31. The van der Waals surface area contributed by atoms with Gasteiger partial charge in [0.15, 0.2) is 5.78 Å². The summed E-state index contributed by atoms with van der Waals surface area (Å²) in [6, 6.07) is 3.90. The van der Waals surface area contributed by atoms with E-state index < -0.39 is 0 Å². The van der Waals surface area contributed by atoms with Crippen LogP contribution in [0.4, 0.5) is 0 Å². The molecule has 0 radical (unpaired) electrons. The Balaban J connectivity index is 3.37. The molecule has 0 bridgehead atoms. The van der Waals surface area contributed by atoms with Crippen LogP contribution in [0.15, 0.2) is 17.0 Å². The van der Waals surface area contributed by atoms with Gasteiger partial charge in [-0.15, -0.1) is 0 Å². The van der Waals surface area contributed by atoms with Gasteiger partial charge in [0, 0.05) is 26.1 Å². The minimum Gasteiger partial charge on any atom is -0.496 e. The fourth-order valence-electron chi connectivity index (χ4n) is 1.55. The number of Topliss-reactive ketones (excluding diaryl/α,β-unsaturated/α-hetero) is 1. The molecular weight excluding hydrogens is 415 g/mol. The minimum atomic E-state index is 0.0452. The first-order valence-electron chi connectivity index (χ1n) is 5.14. The lowest BCUT2D eigenvalue weighted by molar-refractivity contribution is 0.102. The number of alkyl halides is 1. The first-order chi connectivity index (χ1) is 8.04. The maximum absolute atomic E-state index is 11.8. The van der Waals surface area contributed by atoms with E-state index in [0.717, 1.165) is 4.90 Å². The summed E-state index contributed by atoms with van der Waals surface area (Å²) in [5.41, 5.74) is 1.86. The van der Waals surface area contributed by atoms with Gasteiger partial charge in [0.05, 0.1) is 18.0 Å². The van der Waals surface area contributed by atoms with Gasteiger partial charge in [-0.3, -0.25) is 4.79 Å². The summed E-state index contributed by atoms with van der Waals surface area (Å²) in [6.45, 7) is 4.27. The van der Waals surface area contributed by atoms with Gasteiger partial charge in [0.2, 0.25) is 0 Å². The van der Waals surface area contributed by atoms with Crippen molar-refractivity contribution in [2.75, 3.05) is 12.4 Å². The standard InChI is InChI=1S/C12H14BrIO2S/c1-7(2)8-4-11(16-3)9(10(15)6-13)5-12(8)17-14/h4-5,7H,6H2,1-3H3. The third kappa shape index (κ3) is 3.61. The van der Waals surface area contributed by atoms with Gasteiger partial charge in [-0.25, -0.2) is 0 Å². The van der Waals surface area contributed by atoms with E-state index in [4.69, 9.17) is 4.74 Å². The number of hydrogen-bond acceptors (Lipinski definition) is 3. The smallest absolute Gasteiger partial charge is 0.177 e. The van der Waals surface area contributed by atoms with Gasteiger partial charge in [-0.1, -0.05) is 38.7 Å². The molecule has 0 aliphatic carbocycles. The van der Waals surface area contributed by atoms with E-state index >= 15 is 0 Å². The molecule has 1 rings (SSSR count). The quantitative estimate of drug-likeness (QED) is 0.381. The van der Waals surface area contributed by atoms with Crippen LogP contribution in [0.3, 0.4) is 0 Å². The number of methoxy groups -OCH3 is 1. The number of carbonyl (C=O) groups is 1. The number of ketones is 1. The summed E-state index contributed by atoms with van der Waals surface area (Å²) in [5, 5.41) is 0.315. The highest BCUT2D eigenvalue weighted by atomic mass is 127. The fraction of sp³-hybridized carbons (Fsp3) is 0.417. The molecule has 0 saturated carbocycles. The van der Waals surface area contributed by atoms with Gasteiger partial charge in [0.1, 0.15) is 5.75 Å². The number of hydrogen-bond donors (Lipinski definition) is 0. The molecule has 0 spiro atoms. The first-order valence-corrected chi connectivity index (χ1v) is 9.62. The Labute approximate surface area is 127 Å². The number of rotatable bonds is 5. The van der Waals surface area contributed by atoms with Gasteiger partial charge in [0.25, 0.3) is 0 Å². The largest absolute Gasteiger partial charge is 0.496 e.